The fourth-order valence-electron chi connectivity index (χ4n) is 2.15. The molecule has 1 aromatic heterocycles. The Kier molecular flexibility index (Phi) is 2.93. The first-order valence-corrected chi connectivity index (χ1v) is 5.72. The van der Waals surface area contributed by atoms with Gasteiger partial charge in [-0.15, -0.1) is 0 Å². The van der Waals surface area contributed by atoms with Crippen LogP contribution in [0.5, 0.6) is 0 Å². The van der Waals surface area contributed by atoms with E-state index < -0.39 is 11.6 Å². The monoisotopic (exact) mass is 241 g/mol. The number of aromatic nitrogens is 1. The molecule has 1 aliphatic rings. The Bertz CT molecular complexity index is 432. The summed E-state index contributed by atoms with van der Waals surface area (Å²) in [5.41, 5.74) is 0.155. The molecule has 94 valence electrons. The number of anilines is 2. The average molecular weight is 241 g/mol. The van der Waals surface area contributed by atoms with Gasteiger partial charge in [0.1, 0.15) is 0 Å². The molecule has 0 amide bonds. The van der Waals surface area contributed by atoms with E-state index in [4.69, 9.17) is 0 Å². The van der Waals surface area contributed by atoms with Crippen molar-refractivity contribution in [1.82, 2.24) is 4.98 Å². The number of nitrogens with zero attached hydrogens (tertiary/aromatic N) is 2. The lowest BCUT2D eigenvalue weighted by atomic mass is 9.93. The van der Waals surface area contributed by atoms with Crippen molar-refractivity contribution in [3.8, 4) is 0 Å². The van der Waals surface area contributed by atoms with Crippen molar-refractivity contribution in [1.29, 1.82) is 0 Å². The van der Waals surface area contributed by atoms with Crippen molar-refractivity contribution in [3.05, 3.63) is 17.7 Å². The molecule has 2 rings (SSSR count). The first-order valence-electron chi connectivity index (χ1n) is 5.72. The van der Waals surface area contributed by atoms with Gasteiger partial charge in [-0.2, -0.15) is 0 Å². The van der Waals surface area contributed by atoms with Crippen LogP contribution in [0.1, 0.15) is 20.3 Å². The molecule has 1 aliphatic heterocycles. The third-order valence-electron chi connectivity index (χ3n) is 3.12. The Morgan fingerprint density at radius 1 is 1.35 bits per heavy atom. The van der Waals surface area contributed by atoms with Gasteiger partial charge in [0.25, 0.3) is 0 Å². The number of nitrogens with one attached hydrogen (secondary N) is 1. The van der Waals surface area contributed by atoms with Crippen molar-refractivity contribution in [3.63, 3.8) is 0 Å². The number of pyridine rings is 1. The van der Waals surface area contributed by atoms with Crippen LogP contribution in [-0.2, 0) is 0 Å². The van der Waals surface area contributed by atoms with Gasteiger partial charge in [-0.05, 0) is 11.8 Å². The molecule has 0 spiro atoms. The van der Waals surface area contributed by atoms with Crippen molar-refractivity contribution in [2.75, 3.05) is 30.4 Å². The summed E-state index contributed by atoms with van der Waals surface area (Å²) in [6.07, 6.45) is 0.986. The van der Waals surface area contributed by atoms with Crippen molar-refractivity contribution in [2.24, 2.45) is 5.41 Å². The Morgan fingerprint density at radius 2 is 2.06 bits per heavy atom. The lowest BCUT2D eigenvalue weighted by molar-refractivity contribution is 0.418. The van der Waals surface area contributed by atoms with E-state index in [9.17, 15) is 8.78 Å². The Hall–Kier alpha value is -1.39. The second-order valence-electron chi connectivity index (χ2n) is 5.21. The maximum absolute atomic E-state index is 13.7. The highest BCUT2D eigenvalue weighted by atomic mass is 19.1. The molecule has 0 radical (unpaired) electrons. The minimum atomic E-state index is -0.660. The van der Waals surface area contributed by atoms with Crippen LogP contribution < -0.4 is 10.2 Å². The highest BCUT2D eigenvalue weighted by Gasteiger charge is 2.31. The molecular weight excluding hydrogens is 224 g/mol. The highest BCUT2D eigenvalue weighted by Crippen LogP contribution is 2.33. The van der Waals surface area contributed by atoms with Crippen LogP contribution in [0.15, 0.2) is 6.07 Å². The Morgan fingerprint density at radius 3 is 2.59 bits per heavy atom. The van der Waals surface area contributed by atoms with Crippen LogP contribution in [0, 0.1) is 17.0 Å². The summed E-state index contributed by atoms with van der Waals surface area (Å²) < 4.78 is 27.0. The standard InChI is InChI=1S/C12H17F2N3/c1-12(2)4-5-17(7-12)11-9(14)6-8(13)10(15-3)16-11/h6H,4-5,7H2,1-3H3,(H,15,16). The first kappa shape index (κ1) is 12.1. The quantitative estimate of drug-likeness (QED) is 0.862. The maximum Gasteiger partial charge on any atom is 0.168 e. The maximum atomic E-state index is 13.7. The molecule has 0 saturated carbocycles. The molecule has 1 N–H and O–H groups in total. The van der Waals surface area contributed by atoms with E-state index in [1.54, 1.807) is 7.05 Å². The first-order chi connectivity index (χ1) is 7.93. The van der Waals surface area contributed by atoms with Crippen LogP contribution in [0.25, 0.3) is 0 Å². The van der Waals surface area contributed by atoms with E-state index >= 15 is 0 Å². The minimum Gasteiger partial charge on any atom is -0.371 e. The van der Waals surface area contributed by atoms with E-state index in [2.05, 4.69) is 24.1 Å². The molecule has 0 unspecified atom stereocenters. The summed E-state index contributed by atoms with van der Waals surface area (Å²) in [7, 11) is 1.57. The van der Waals surface area contributed by atoms with E-state index in [1.807, 2.05) is 4.90 Å². The zero-order valence-corrected chi connectivity index (χ0v) is 10.3. The van der Waals surface area contributed by atoms with Gasteiger partial charge in [-0.1, -0.05) is 13.8 Å². The summed E-state index contributed by atoms with van der Waals surface area (Å²) in [5, 5.41) is 2.63. The molecule has 5 heteroatoms. The number of hydrogen-bond acceptors (Lipinski definition) is 3. The zero-order chi connectivity index (χ0) is 12.6. The number of hydrogen-bond donors (Lipinski definition) is 1. The van der Waals surface area contributed by atoms with Gasteiger partial charge in [0.15, 0.2) is 23.3 Å². The summed E-state index contributed by atoms with van der Waals surface area (Å²) in [4.78, 5) is 5.87. The lowest BCUT2D eigenvalue weighted by Crippen LogP contribution is -2.25. The fourth-order valence-corrected chi connectivity index (χ4v) is 2.15. The van der Waals surface area contributed by atoms with Crippen molar-refractivity contribution < 1.29 is 8.78 Å². The Labute approximate surface area is 99.8 Å². The molecule has 1 saturated heterocycles. The molecule has 1 fully saturated rings. The molecule has 2 heterocycles. The highest BCUT2D eigenvalue weighted by molar-refractivity contribution is 5.49. The van der Waals surface area contributed by atoms with Gasteiger partial charge in [0, 0.05) is 26.2 Å². The zero-order valence-electron chi connectivity index (χ0n) is 10.3. The predicted molar refractivity (Wildman–Crippen MR) is 64.3 cm³/mol. The summed E-state index contributed by atoms with van der Waals surface area (Å²) in [6, 6.07) is 0.888. The molecular formula is C12H17F2N3. The lowest BCUT2D eigenvalue weighted by Gasteiger charge is -2.21. The average Bonchev–Trinajstić information content (AvgIpc) is 2.59. The second-order valence-corrected chi connectivity index (χ2v) is 5.21. The van der Waals surface area contributed by atoms with E-state index in [0.717, 1.165) is 25.6 Å². The SMILES string of the molecule is CNc1nc(N2CCC(C)(C)C2)c(F)cc1F. The van der Waals surface area contributed by atoms with Gasteiger partial charge < -0.3 is 10.2 Å². The van der Waals surface area contributed by atoms with Gasteiger partial charge in [-0.25, -0.2) is 13.8 Å². The molecule has 0 aliphatic carbocycles. The Balaban J connectivity index is 2.33. The van der Waals surface area contributed by atoms with Crippen LogP contribution in [0.3, 0.4) is 0 Å². The third-order valence-corrected chi connectivity index (χ3v) is 3.12. The summed E-state index contributed by atoms with van der Waals surface area (Å²) in [6.45, 7) is 5.76. The van der Waals surface area contributed by atoms with Crippen molar-refractivity contribution >= 4 is 11.6 Å². The normalized spacial score (nSPS) is 18.5. The summed E-state index contributed by atoms with van der Waals surface area (Å²) >= 11 is 0. The molecule has 0 atom stereocenters. The van der Waals surface area contributed by atoms with Crippen LogP contribution in [-0.4, -0.2) is 25.1 Å². The second kappa shape index (κ2) is 4.13. The van der Waals surface area contributed by atoms with Gasteiger partial charge in [-0.3, -0.25) is 0 Å². The number of rotatable bonds is 2. The van der Waals surface area contributed by atoms with Gasteiger partial charge in [0.2, 0.25) is 0 Å². The van der Waals surface area contributed by atoms with Gasteiger partial charge in [0.05, 0.1) is 0 Å². The molecule has 3 nitrogen and oxygen atoms in total. The van der Waals surface area contributed by atoms with Crippen molar-refractivity contribution in [2.45, 2.75) is 20.3 Å². The van der Waals surface area contributed by atoms with Crippen LogP contribution in [0.2, 0.25) is 0 Å². The molecule has 0 bridgehead atoms. The van der Waals surface area contributed by atoms with Crippen LogP contribution >= 0.6 is 0 Å². The largest absolute Gasteiger partial charge is 0.371 e. The molecule has 17 heavy (non-hydrogen) atoms. The van der Waals surface area contributed by atoms with E-state index in [1.165, 1.54) is 0 Å². The van der Waals surface area contributed by atoms with E-state index in [0.29, 0.717) is 0 Å². The molecule has 0 aromatic carbocycles. The molecule has 1 aromatic rings. The summed E-state index contributed by atoms with van der Waals surface area (Å²) in [5.74, 6) is -0.932. The fraction of sp³-hybridized carbons (Fsp3) is 0.583. The predicted octanol–water partition coefficient (Wildman–Crippen LogP) is 2.64. The number of halogens is 2. The third kappa shape index (κ3) is 2.33. The smallest absolute Gasteiger partial charge is 0.168 e. The van der Waals surface area contributed by atoms with E-state index in [-0.39, 0.29) is 17.1 Å². The topological polar surface area (TPSA) is 28.2 Å². The van der Waals surface area contributed by atoms with Crippen LogP contribution in [0.4, 0.5) is 20.4 Å². The minimum absolute atomic E-state index is 0.0890. The van der Waals surface area contributed by atoms with Gasteiger partial charge >= 0.3 is 0 Å².